The first-order chi connectivity index (χ1) is 33.4. The molecule has 2 unspecified atom stereocenters. The molecule has 366 valence electrons. The quantitative estimate of drug-likeness (QED) is 0.0622. The van der Waals surface area contributed by atoms with E-state index in [-0.39, 0.29) is 11.0 Å². The molecule has 0 saturated heterocycles. The molecule has 1 heterocycles. The number of nitrogens with one attached hydrogen (secondary N) is 1. The summed E-state index contributed by atoms with van der Waals surface area (Å²) in [5, 5.41) is 12.0. The van der Waals surface area contributed by atoms with E-state index in [1.165, 1.54) is 153 Å². The normalized spacial score (nSPS) is 19.0. The van der Waals surface area contributed by atoms with E-state index >= 15 is 0 Å². The Hall–Kier alpha value is -5.02. The molecule has 1 aliphatic heterocycles. The van der Waals surface area contributed by atoms with Crippen LogP contribution in [-0.2, 0) is 18.4 Å². The molecule has 3 heteroatoms. The van der Waals surface area contributed by atoms with Gasteiger partial charge in [0.15, 0.2) is 0 Å². The number of hydrazine groups is 1. The van der Waals surface area contributed by atoms with Crippen LogP contribution in [0.4, 0.5) is 17.1 Å². The monoisotopic (exact) mass is 922 g/mol. The van der Waals surface area contributed by atoms with Gasteiger partial charge in [0.2, 0.25) is 0 Å². The van der Waals surface area contributed by atoms with Crippen LogP contribution in [0.15, 0.2) is 157 Å². The summed E-state index contributed by atoms with van der Waals surface area (Å²) in [5.74, 6) is 0. The van der Waals surface area contributed by atoms with E-state index in [4.69, 9.17) is 0 Å². The zero-order valence-electron chi connectivity index (χ0n) is 43.8. The minimum atomic E-state index is -0.279. The molecule has 8 rings (SSSR count). The third kappa shape index (κ3) is 13.2. The van der Waals surface area contributed by atoms with Crippen LogP contribution < -0.4 is 10.3 Å². The van der Waals surface area contributed by atoms with Crippen molar-refractivity contribution >= 4 is 27.8 Å². The average Bonchev–Trinajstić information content (AvgIpc) is 3.67. The highest BCUT2D eigenvalue weighted by molar-refractivity contribution is 5.87. The summed E-state index contributed by atoms with van der Waals surface area (Å²) in [4.78, 5) is 0. The van der Waals surface area contributed by atoms with E-state index in [1.807, 2.05) is 0 Å². The maximum Gasteiger partial charge on any atom is 0.0646 e. The van der Waals surface area contributed by atoms with Crippen molar-refractivity contribution in [1.29, 1.82) is 0 Å². The Balaban J connectivity index is 0.978. The largest absolute Gasteiger partial charge is 0.375 e. The number of allylic oxidation sites excluding steroid dienone is 4. The summed E-state index contributed by atoms with van der Waals surface area (Å²) in [6, 6.07) is 46.1. The smallest absolute Gasteiger partial charge is 0.0646 e. The van der Waals surface area contributed by atoms with Gasteiger partial charge in [-0.25, -0.2) is 5.01 Å². The van der Waals surface area contributed by atoms with Crippen LogP contribution in [0.25, 0.3) is 10.8 Å². The van der Waals surface area contributed by atoms with Gasteiger partial charge in [0, 0.05) is 17.3 Å². The van der Waals surface area contributed by atoms with Crippen molar-refractivity contribution in [2.75, 3.05) is 10.3 Å². The van der Waals surface area contributed by atoms with E-state index < -0.39 is 0 Å². The van der Waals surface area contributed by atoms with Crippen molar-refractivity contribution in [3.8, 4) is 0 Å². The minimum absolute atomic E-state index is 0.150. The van der Waals surface area contributed by atoms with Crippen molar-refractivity contribution in [3.05, 3.63) is 174 Å². The summed E-state index contributed by atoms with van der Waals surface area (Å²) in [6.45, 7) is 14.2. The maximum atomic E-state index is 4.32. The van der Waals surface area contributed by atoms with Crippen molar-refractivity contribution < 1.29 is 0 Å². The summed E-state index contributed by atoms with van der Waals surface area (Å²) < 4.78 is 0. The van der Waals surface area contributed by atoms with Crippen LogP contribution in [0.2, 0.25) is 0 Å². The Morgan fingerprint density at radius 2 is 1.09 bits per heavy atom. The highest BCUT2D eigenvalue weighted by Crippen LogP contribution is 2.62. The molecule has 1 fully saturated rings. The predicted octanol–water partition coefficient (Wildman–Crippen LogP) is 19.5. The molecule has 0 aromatic heterocycles. The lowest BCUT2D eigenvalue weighted by atomic mass is 9.58. The number of rotatable bonds is 24. The molecular formula is C66H87N3. The molecule has 5 aromatic rings. The number of benzene rings is 5. The molecule has 2 aliphatic carbocycles. The molecule has 5 aromatic carbocycles. The number of fused-ring (bicyclic) bond motifs is 1. The number of hydrogen-bond acceptors (Lipinski definition) is 3. The number of unbranched alkanes of at least 4 members (excludes halogenated alkanes) is 12. The molecule has 1 saturated carbocycles. The van der Waals surface area contributed by atoms with Crippen molar-refractivity contribution in [1.82, 2.24) is 5.01 Å². The van der Waals surface area contributed by atoms with Crippen molar-refractivity contribution in [2.45, 2.75) is 188 Å². The van der Waals surface area contributed by atoms with Gasteiger partial charge in [0.05, 0.1) is 22.6 Å². The highest BCUT2D eigenvalue weighted by Gasteiger charge is 2.55. The molecule has 0 amide bonds. The Bertz CT molecular complexity index is 2460. The van der Waals surface area contributed by atoms with Gasteiger partial charge in [-0.2, -0.15) is 0 Å². The summed E-state index contributed by atoms with van der Waals surface area (Å²) in [7, 11) is 0. The first-order valence-corrected chi connectivity index (χ1v) is 27.6. The van der Waals surface area contributed by atoms with Crippen LogP contribution in [0.3, 0.4) is 0 Å². The molecule has 3 aliphatic rings. The fourth-order valence-corrected chi connectivity index (χ4v) is 11.9. The van der Waals surface area contributed by atoms with Crippen molar-refractivity contribution in [3.63, 3.8) is 0 Å². The van der Waals surface area contributed by atoms with Crippen LogP contribution in [-0.4, -0.2) is 5.01 Å². The van der Waals surface area contributed by atoms with Gasteiger partial charge < -0.3 is 5.32 Å². The van der Waals surface area contributed by atoms with Gasteiger partial charge in [0.1, 0.15) is 0 Å². The Labute approximate surface area is 419 Å². The van der Waals surface area contributed by atoms with Crippen LogP contribution >= 0.6 is 0 Å². The third-order valence-electron chi connectivity index (χ3n) is 15.7. The van der Waals surface area contributed by atoms with E-state index in [1.54, 1.807) is 5.57 Å². The molecule has 69 heavy (non-hydrogen) atoms. The van der Waals surface area contributed by atoms with Gasteiger partial charge in [-0.3, -0.25) is 5.01 Å². The van der Waals surface area contributed by atoms with E-state index in [0.717, 1.165) is 38.5 Å². The summed E-state index contributed by atoms with van der Waals surface area (Å²) in [6.07, 6.45) is 37.6. The second-order valence-electron chi connectivity index (χ2n) is 23.8. The lowest BCUT2D eigenvalue weighted by Crippen LogP contribution is -2.47. The maximum absolute atomic E-state index is 4.32. The number of aryl methyl sites for hydroxylation is 2. The Morgan fingerprint density at radius 1 is 0.551 bits per heavy atom. The number of hydrogen-bond donors (Lipinski definition) is 1. The van der Waals surface area contributed by atoms with Gasteiger partial charge >= 0.3 is 0 Å². The predicted molar refractivity (Wildman–Crippen MR) is 299 cm³/mol. The van der Waals surface area contributed by atoms with Gasteiger partial charge in [-0.1, -0.05) is 216 Å². The van der Waals surface area contributed by atoms with Gasteiger partial charge in [-0.05, 0) is 151 Å². The van der Waals surface area contributed by atoms with Crippen LogP contribution in [0.5, 0.6) is 0 Å². The van der Waals surface area contributed by atoms with Crippen LogP contribution in [0, 0.1) is 16.2 Å². The van der Waals surface area contributed by atoms with E-state index in [0.29, 0.717) is 10.8 Å². The molecule has 3 nitrogen and oxygen atoms in total. The first kappa shape index (κ1) is 50.4. The second-order valence-corrected chi connectivity index (χ2v) is 23.8. The van der Waals surface area contributed by atoms with Crippen LogP contribution in [0.1, 0.15) is 187 Å². The standard InChI is InChI=1S/C66H87N3/c1-63(2,3)47-25-15-11-7-9-13-18-29-53-38-42-57(43-39-53)67-66(61-36-28-32-55-31-22-23-35-60(55)61)50-46-56-51-68(62-37-24-27-49-65(56,62)52-66)69(58-33-20-17-21-34-58)59-44-40-54(41-45-59)30-19-14-10-8-12-16-26-48-64(4,5)6/h17,20-24,27-28,31-45,51,67H,7-16,18-19,25-26,29-30,46-50,52H2,1-6H3. The van der Waals surface area contributed by atoms with E-state index in [9.17, 15) is 0 Å². The van der Waals surface area contributed by atoms with Gasteiger partial charge in [0.25, 0.3) is 0 Å². The summed E-state index contributed by atoms with van der Waals surface area (Å²) >= 11 is 0. The molecule has 0 radical (unpaired) electrons. The molecule has 1 N–H and O–H groups in total. The lowest BCUT2D eigenvalue weighted by Gasteiger charge is -2.51. The first-order valence-electron chi connectivity index (χ1n) is 27.6. The SMILES string of the molecule is CC(C)(C)CCCCCCCCCc1ccc(NC2(c3cccc4ccccc34)CCC3=CN(N(c4ccccc4)c4ccc(CCCCCCCCCC(C)(C)C)cc4)C4=CC=CCC34C2)cc1. The Morgan fingerprint density at radius 3 is 1.71 bits per heavy atom. The Kier molecular flexibility index (Phi) is 17.0. The zero-order chi connectivity index (χ0) is 48.2. The molecule has 1 spiro atoms. The number of anilines is 3. The molecular weight excluding hydrogens is 835 g/mol. The van der Waals surface area contributed by atoms with Crippen molar-refractivity contribution in [2.24, 2.45) is 16.2 Å². The average molecular weight is 922 g/mol. The topological polar surface area (TPSA) is 18.5 Å². The minimum Gasteiger partial charge on any atom is -0.375 e. The lowest BCUT2D eigenvalue weighted by molar-refractivity contribution is 0.219. The zero-order valence-corrected chi connectivity index (χ0v) is 43.8. The van der Waals surface area contributed by atoms with E-state index in [2.05, 4.69) is 203 Å². The fraction of sp³-hybridized carbons (Fsp3) is 0.485. The molecule has 0 bridgehead atoms. The fourth-order valence-electron chi connectivity index (χ4n) is 11.9. The molecule has 2 atom stereocenters. The summed E-state index contributed by atoms with van der Waals surface area (Å²) in [5.41, 5.74) is 11.3. The number of para-hydroxylation sites is 1. The highest BCUT2D eigenvalue weighted by atomic mass is 15.6. The number of nitrogens with zero attached hydrogens (tertiary/aromatic N) is 2. The van der Waals surface area contributed by atoms with Gasteiger partial charge in [-0.15, -0.1) is 0 Å². The third-order valence-corrected chi connectivity index (χ3v) is 15.7. The second kappa shape index (κ2) is 23.3.